The number of rotatable bonds is 5. The molecule has 3 aromatic rings. The summed E-state index contributed by atoms with van der Waals surface area (Å²) in [5, 5.41) is 3.63. The highest BCUT2D eigenvalue weighted by Gasteiger charge is 2.26. The van der Waals surface area contributed by atoms with Gasteiger partial charge in [0.15, 0.2) is 0 Å². The van der Waals surface area contributed by atoms with Crippen molar-refractivity contribution < 1.29 is 26.4 Å². The van der Waals surface area contributed by atoms with E-state index in [0.29, 0.717) is 11.3 Å². The second kappa shape index (κ2) is 6.87. The number of halogens is 2. The third-order valence-corrected chi connectivity index (χ3v) is 5.30. The minimum absolute atomic E-state index is 0.154. The highest BCUT2D eigenvalue weighted by molar-refractivity contribution is 7.91. The molecule has 1 aromatic heterocycles. The van der Waals surface area contributed by atoms with E-state index in [1.54, 1.807) is 6.92 Å². The number of nitrogens with one attached hydrogen (secondary N) is 1. The number of fused-ring (bicyclic) bond motifs is 1. The van der Waals surface area contributed by atoms with E-state index in [9.17, 15) is 22.0 Å². The molecule has 8 heteroatoms. The molecule has 0 aliphatic heterocycles. The third kappa shape index (κ3) is 3.45. The lowest BCUT2D eigenvalue weighted by molar-refractivity contribution is 0.0935. The molecule has 1 N–H and O–H groups in total. The Morgan fingerprint density at radius 1 is 1.08 bits per heavy atom. The first-order valence-electron chi connectivity index (χ1n) is 7.70. The Morgan fingerprint density at radius 2 is 1.73 bits per heavy atom. The molecule has 0 fully saturated rings. The van der Waals surface area contributed by atoms with Gasteiger partial charge >= 0.3 is 5.76 Å². The first-order chi connectivity index (χ1) is 12.3. The van der Waals surface area contributed by atoms with E-state index in [1.165, 1.54) is 12.1 Å². The normalized spacial score (nSPS) is 13.1. The Hall–Kier alpha value is -2.74. The maximum absolute atomic E-state index is 12.5. The fourth-order valence-electron chi connectivity index (χ4n) is 2.47. The van der Waals surface area contributed by atoms with Crippen molar-refractivity contribution in [2.45, 2.75) is 23.6 Å². The van der Waals surface area contributed by atoms with Gasteiger partial charge in [0.2, 0.25) is 9.84 Å². The molecule has 1 unspecified atom stereocenters. The van der Waals surface area contributed by atoms with E-state index in [4.69, 9.17) is 4.42 Å². The minimum atomic E-state index is -4.68. The van der Waals surface area contributed by atoms with E-state index in [2.05, 4.69) is 5.32 Å². The van der Waals surface area contributed by atoms with Crippen molar-refractivity contribution in [1.29, 1.82) is 0 Å². The molecule has 1 atom stereocenters. The van der Waals surface area contributed by atoms with Crippen LogP contribution in [0.25, 0.3) is 11.0 Å². The molecule has 0 saturated heterocycles. The number of para-hydroxylation sites is 1. The van der Waals surface area contributed by atoms with Crippen LogP contribution in [0.5, 0.6) is 0 Å². The van der Waals surface area contributed by atoms with Crippen LogP contribution in [0.2, 0.25) is 0 Å². The highest BCUT2D eigenvalue weighted by Crippen LogP contribution is 2.24. The second-order valence-electron chi connectivity index (χ2n) is 5.71. The number of amides is 1. The molecule has 0 aliphatic rings. The molecule has 5 nitrogen and oxygen atoms in total. The summed E-state index contributed by atoms with van der Waals surface area (Å²) in [6.07, 6.45) is 0. The number of alkyl halides is 2. The van der Waals surface area contributed by atoms with Gasteiger partial charge in [0.1, 0.15) is 11.3 Å². The number of carbonyl (C=O) groups excluding carboxylic acids is 1. The number of hydrogen-bond donors (Lipinski definition) is 1. The quantitative estimate of drug-likeness (QED) is 0.729. The van der Waals surface area contributed by atoms with Crippen molar-refractivity contribution in [1.82, 2.24) is 5.32 Å². The van der Waals surface area contributed by atoms with Gasteiger partial charge in [0.05, 0.1) is 10.9 Å². The first kappa shape index (κ1) is 18.1. The summed E-state index contributed by atoms with van der Waals surface area (Å²) in [5.74, 6) is -3.41. The molecule has 0 saturated carbocycles. The van der Waals surface area contributed by atoms with E-state index < -0.39 is 32.4 Å². The van der Waals surface area contributed by atoms with Gasteiger partial charge in [-0.25, -0.2) is 8.42 Å². The summed E-state index contributed by atoms with van der Waals surface area (Å²) < 4.78 is 53.5. The summed E-state index contributed by atoms with van der Waals surface area (Å²) in [4.78, 5) is 11.8. The number of carbonyl (C=O) groups is 1. The van der Waals surface area contributed by atoms with Crippen LogP contribution in [0.15, 0.2) is 63.9 Å². The molecule has 0 bridgehead atoms. The molecule has 2 aromatic carbocycles. The van der Waals surface area contributed by atoms with Gasteiger partial charge in [0, 0.05) is 10.9 Å². The van der Waals surface area contributed by atoms with Crippen LogP contribution in [0.1, 0.15) is 29.1 Å². The first-order valence-corrected chi connectivity index (χ1v) is 9.25. The Kier molecular flexibility index (Phi) is 4.78. The van der Waals surface area contributed by atoms with Gasteiger partial charge in [-0.15, -0.1) is 0 Å². The Balaban J connectivity index is 1.75. The van der Waals surface area contributed by atoms with E-state index in [1.807, 2.05) is 30.3 Å². The van der Waals surface area contributed by atoms with Gasteiger partial charge in [-0.2, -0.15) is 8.78 Å². The monoisotopic (exact) mass is 379 g/mol. The molecule has 136 valence electrons. The van der Waals surface area contributed by atoms with Crippen molar-refractivity contribution in [3.05, 3.63) is 65.9 Å². The van der Waals surface area contributed by atoms with Crippen molar-refractivity contribution in [3.8, 4) is 0 Å². The van der Waals surface area contributed by atoms with Gasteiger partial charge in [-0.05, 0) is 43.3 Å². The molecule has 26 heavy (non-hydrogen) atoms. The average molecular weight is 379 g/mol. The fourth-order valence-corrected chi connectivity index (χ4v) is 3.19. The summed E-state index contributed by atoms with van der Waals surface area (Å²) in [5.41, 5.74) is 0.853. The van der Waals surface area contributed by atoms with E-state index in [-0.39, 0.29) is 5.56 Å². The van der Waals surface area contributed by atoms with Crippen LogP contribution in [-0.2, 0) is 9.84 Å². The summed E-state index contributed by atoms with van der Waals surface area (Å²) in [6, 6.07) is 13.2. The van der Waals surface area contributed by atoms with Crippen molar-refractivity contribution in [2.75, 3.05) is 0 Å². The van der Waals surface area contributed by atoms with Crippen molar-refractivity contribution in [3.63, 3.8) is 0 Å². The summed E-state index contributed by atoms with van der Waals surface area (Å²) in [6.45, 7) is 1.74. The summed E-state index contributed by atoms with van der Waals surface area (Å²) in [7, 11) is -4.68. The molecular weight excluding hydrogens is 364 g/mol. The zero-order valence-electron chi connectivity index (χ0n) is 13.6. The zero-order chi connectivity index (χ0) is 18.9. The lowest BCUT2D eigenvalue weighted by atomic mass is 10.1. The standard InChI is InChI=1S/C18H15F2NO4S/c1-11(16-10-13-4-2-3-5-15(13)25-16)21-17(22)12-6-8-14(9-7-12)26(23,24)18(19)20/h2-11,18H,1H3,(H,21,22). The van der Waals surface area contributed by atoms with E-state index in [0.717, 1.165) is 17.5 Å². The van der Waals surface area contributed by atoms with Gasteiger partial charge in [0.25, 0.3) is 5.91 Å². The highest BCUT2D eigenvalue weighted by atomic mass is 32.2. The Bertz CT molecular complexity index is 1010. The topological polar surface area (TPSA) is 76.4 Å². The molecule has 1 amide bonds. The number of sulfone groups is 1. The predicted molar refractivity (Wildman–Crippen MR) is 91.7 cm³/mol. The van der Waals surface area contributed by atoms with E-state index >= 15 is 0 Å². The van der Waals surface area contributed by atoms with Crippen LogP contribution < -0.4 is 5.32 Å². The van der Waals surface area contributed by atoms with Gasteiger partial charge < -0.3 is 9.73 Å². The molecule has 0 aliphatic carbocycles. The maximum atomic E-state index is 12.5. The summed E-state index contributed by atoms with van der Waals surface area (Å²) >= 11 is 0. The number of furan rings is 1. The predicted octanol–water partition coefficient (Wildman–Crippen LogP) is 3.92. The molecule has 0 spiro atoms. The molecule has 1 heterocycles. The van der Waals surface area contributed by atoms with Crippen molar-refractivity contribution in [2.24, 2.45) is 0 Å². The second-order valence-corrected chi connectivity index (χ2v) is 7.63. The average Bonchev–Trinajstić information content (AvgIpc) is 3.06. The molecule has 3 rings (SSSR count). The number of benzene rings is 2. The molecule has 0 radical (unpaired) electrons. The van der Waals surface area contributed by atoms with Crippen molar-refractivity contribution >= 4 is 26.7 Å². The maximum Gasteiger partial charge on any atom is 0.341 e. The largest absolute Gasteiger partial charge is 0.459 e. The fraction of sp³-hybridized carbons (Fsp3) is 0.167. The smallest absolute Gasteiger partial charge is 0.341 e. The number of hydrogen-bond acceptors (Lipinski definition) is 4. The Morgan fingerprint density at radius 3 is 2.35 bits per heavy atom. The van der Waals surface area contributed by atoms with Crippen LogP contribution in [0, 0.1) is 0 Å². The van der Waals surface area contributed by atoms with Crippen LogP contribution >= 0.6 is 0 Å². The zero-order valence-corrected chi connectivity index (χ0v) is 14.5. The minimum Gasteiger partial charge on any atom is -0.459 e. The third-order valence-electron chi connectivity index (χ3n) is 3.90. The molecular formula is C18H15F2NO4S. The Labute approximate surface area is 148 Å². The van der Waals surface area contributed by atoms with Gasteiger partial charge in [-0.3, -0.25) is 4.79 Å². The van der Waals surface area contributed by atoms with Crippen LogP contribution in [0.3, 0.4) is 0 Å². The SMILES string of the molecule is CC(NC(=O)c1ccc(S(=O)(=O)C(F)F)cc1)c1cc2ccccc2o1. The lowest BCUT2D eigenvalue weighted by Crippen LogP contribution is -2.26. The lowest BCUT2D eigenvalue weighted by Gasteiger charge is -2.11. The van der Waals surface area contributed by atoms with Crippen LogP contribution in [0.4, 0.5) is 8.78 Å². The van der Waals surface area contributed by atoms with Crippen LogP contribution in [-0.4, -0.2) is 20.1 Å². The van der Waals surface area contributed by atoms with Gasteiger partial charge in [-0.1, -0.05) is 18.2 Å².